The van der Waals surface area contributed by atoms with E-state index in [1.54, 1.807) is 12.1 Å². The number of nitrogens with one attached hydrogen (secondary N) is 1. The number of thioether (sulfide) groups is 1. The largest absolute Gasteiger partial charge is 0.383 e. The van der Waals surface area contributed by atoms with Crippen LogP contribution in [-0.2, 0) is 5.75 Å². The van der Waals surface area contributed by atoms with Crippen LogP contribution in [0.3, 0.4) is 0 Å². The summed E-state index contributed by atoms with van der Waals surface area (Å²) in [5.41, 5.74) is 8.10. The summed E-state index contributed by atoms with van der Waals surface area (Å²) in [5.74, 6) is -0.363. The van der Waals surface area contributed by atoms with Crippen LogP contribution in [0.15, 0.2) is 47.6 Å². The van der Waals surface area contributed by atoms with Crippen LogP contribution in [0.5, 0.6) is 0 Å². The van der Waals surface area contributed by atoms with E-state index in [1.165, 1.54) is 49.3 Å². The molecule has 2 aromatic heterocycles. The fourth-order valence-corrected chi connectivity index (χ4v) is 3.71. The maximum absolute atomic E-state index is 13.3. The number of anilines is 1. The Kier molecular flexibility index (Phi) is 6.26. The molecule has 1 amide bonds. The lowest BCUT2D eigenvalue weighted by Gasteiger charge is -2.13. The third-order valence-electron chi connectivity index (χ3n) is 4.21. The van der Waals surface area contributed by atoms with Crippen LogP contribution < -0.4 is 11.1 Å². The second-order valence-corrected chi connectivity index (χ2v) is 7.04. The normalized spacial score (nSPS) is 10.1. The minimum atomic E-state index is -0.433. The topological polar surface area (TPSA) is 128 Å². The van der Waals surface area contributed by atoms with E-state index in [0.29, 0.717) is 21.9 Å². The maximum atomic E-state index is 13.3. The summed E-state index contributed by atoms with van der Waals surface area (Å²) in [7, 11) is 1.52. The van der Waals surface area contributed by atoms with Gasteiger partial charge in [0.15, 0.2) is 0 Å². The van der Waals surface area contributed by atoms with Gasteiger partial charge in [0, 0.05) is 24.6 Å². The molecule has 3 N–H and O–H groups in total. The van der Waals surface area contributed by atoms with Gasteiger partial charge in [0.2, 0.25) is 0 Å². The Morgan fingerprint density at radius 2 is 1.90 bits per heavy atom. The van der Waals surface area contributed by atoms with Gasteiger partial charge in [-0.25, -0.2) is 9.37 Å². The van der Waals surface area contributed by atoms with E-state index in [4.69, 9.17) is 5.73 Å². The smallest absolute Gasteiger partial charge is 0.269 e. The zero-order valence-electron chi connectivity index (χ0n) is 15.8. The van der Waals surface area contributed by atoms with Crippen molar-refractivity contribution in [3.05, 3.63) is 70.8 Å². The summed E-state index contributed by atoms with van der Waals surface area (Å²) in [4.78, 5) is 20.0. The van der Waals surface area contributed by atoms with E-state index in [0.717, 1.165) is 5.56 Å². The van der Waals surface area contributed by atoms with E-state index in [1.807, 2.05) is 6.07 Å². The standard InChI is InChI=1S/C21H15FN6OS/c1-26-20(29)17-8-12(6-7-27-17)11-30-21-16(10-24)18(15(9-23)19(25)28-21)13-2-4-14(22)5-3-13/h2-8H,11H2,1H3,(H2,25,28)(H,26,29). The predicted octanol–water partition coefficient (Wildman–Crippen LogP) is 3.26. The van der Waals surface area contributed by atoms with E-state index in [9.17, 15) is 19.7 Å². The number of pyridine rings is 2. The van der Waals surface area contributed by atoms with Crippen molar-refractivity contribution in [2.45, 2.75) is 10.8 Å². The first kappa shape index (κ1) is 20.8. The van der Waals surface area contributed by atoms with E-state index in [-0.39, 0.29) is 28.5 Å². The number of hydrogen-bond donors (Lipinski definition) is 2. The third kappa shape index (κ3) is 4.22. The molecule has 0 aliphatic rings. The number of carbonyl (C=O) groups excluding carboxylic acids is 1. The number of rotatable bonds is 5. The first-order valence-electron chi connectivity index (χ1n) is 8.68. The van der Waals surface area contributed by atoms with Crippen molar-refractivity contribution in [2.75, 3.05) is 12.8 Å². The number of aromatic nitrogens is 2. The second kappa shape index (κ2) is 9.03. The average molecular weight is 418 g/mol. The summed E-state index contributed by atoms with van der Waals surface area (Å²) in [6, 6.07) is 12.9. The van der Waals surface area contributed by atoms with Gasteiger partial charge in [0.05, 0.1) is 5.56 Å². The Morgan fingerprint density at radius 1 is 1.20 bits per heavy atom. The molecule has 3 rings (SSSR count). The van der Waals surface area contributed by atoms with Crippen molar-refractivity contribution < 1.29 is 9.18 Å². The number of carbonyl (C=O) groups is 1. The Labute approximate surface area is 176 Å². The molecule has 0 saturated carbocycles. The third-order valence-corrected chi connectivity index (χ3v) is 5.25. The summed E-state index contributed by atoms with van der Waals surface area (Å²) in [6.07, 6.45) is 1.52. The van der Waals surface area contributed by atoms with Crippen LogP contribution in [0.1, 0.15) is 27.2 Å². The van der Waals surface area contributed by atoms with E-state index in [2.05, 4.69) is 21.4 Å². The molecule has 0 fully saturated rings. The van der Waals surface area contributed by atoms with Crippen LogP contribution in [0, 0.1) is 28.5 Å². The molecule has 9 heteroatoms. The summed E-state index contributed by atoms with van der Waals surface area (Å²) in [5, 5.41) is 22.2. The SMILES string of the molecule is CNC(=O)c1cc(CSc2nc(N)c(C#N)c(-c3ccc(F)cc3)c2C#N)ccn1. The molecule has 0 radical (unpaired) electrons. The average Bonchev–Trinajstić information content (AvgIpc) is 2.77. The van der Waals surface area contributed by atoms with Gasteiger partial charge in [-0.3, -0.25) is 9.78 Å². The molecule has 0 aliphatic heterocycles. The van der Waals surface area contributed by atoms with Crippen molar-refractivity contribution in [1.82, 2.24) is 15.3 Å². The van der Waals surface area contributed by atoms with Crippen molar-refractivity contribution >= 4 is 23.5 Å². The number of nitrogens with two attached hydrogens (primary N) is 1. The number of nitriles is 2. The molecular weight excluding hydrogens is 403 g/mol. The van der Waals surface area contributed by atoms with Crippen molar-refractivity contribution in [2.24, 2.45) is 0 Å². The number of benzene rings is 1. The molecule has 0 unspecified atom stereocenters. The number of amides is 1. The molecule has 148 valence electrons. The molecule has 3 aromatic rings. The number of nitrogen functional groups attached to an aromatic ring is 1. The van der Waals surface area contributed by atoms with E-state index >= 15 is 0 Å². The van der Waals surface area contributed by atoms with Gasteiger partial charge in [-0.1, -0.05) is 12.1 Å². The minimum absolute atomic E-state index is 0.0147. The highest BCUT2D eigenvalue weighted by atomic mass is 32.2. The van der Waals surface area contributed by atoms with Gasteiger partial charge in [-0.05, 0) is 35.4 Å². The van der Waals surface area contributed by atoms with Gasteiger partial charge in [0.25, 0.3) is 5.91 Å². The Hall–Kier alpha value is -3.95. The van der Waals surface area contributed by atoms with Gasteiger partial charge in [-0.15, -0.1) is 11.8 Å². The molecule has 2 heterocycles. The van der Waals surface area contributed by atoms with Gasteiger partial charge in [0.1, 0.15) is 40.1 Å². The lowest BCUT2D eigenvalue weighted by molar-refractivity contribution is 0.0958. The molecule has 7 nitrogen and oxygen atoms in total. The lowest BCUT2D eigenvalue weighted by atomic mass is 9.97. The fourth-order valence-electron chi connectivity index (χ4n) is 2.78. The van der Waals surface area contributed by atoms with Crippen LogP contribution in [0.2, 0.25) is 0 Å². The number of hydrogen-bond acceptors (Lipinski definition) is 7. The van der Waals surface area contributed by atoms with Crippen molar-refractivity contribution in [1.29, 1.82) is 10.5 Å². The first-order chi connectivity index (χ1) is 14.5. The predicted molar refractivity (Wildman–Crippen MR) is 111 cm³/mol. The highest BCUT2D eigenvalue weighted by Gasteiger charge is 2.20. The quantitative estimate of drug-likeness (QED) is 0.609. The summed E-state index contributed by atoms with van der Waals surface area (Å²) >= 11 is 1.24. The lowest BCUT2D eigenvalue weighted by Crippen LogP contribution is -2.19. The summed E-state index contributed by atoms with van der Waals surface area (Å²) in [6.45, 7) is 0. The zero-order chi connectivity index (χ0) is 21.7. The highest BCUT2D eigenvalue weighted by Crippen LogP contribution is 2.36. The number of nitrogens with zero attached hydrogens (tertiary/aromatic N) is 4. The zero-order valence-corrected chi connectivity index (χ0v) is 16.6. The van der Waals surface area contributed by atoms with Crippen LogP contribution in [0.25, 0.3) is 11.1 Å². The number of halogens is 1. The van der Waals surface area contributed by atoms with Gasteiger partial charge >= 0.3 is 0 Å². The molecule has 0 bridgehead atoms. The van der Waals surface area contributed by atoms with E-state index < -0.39 is 5.82 Å². The molecule has 1 aromatic carbocycles. The Bertz CT molecular complexity index is 1200. The molecule has 0 saturated heterocycles. The van der Waals surface area contributed by atoms with Crippen molar-refractivity contribution in [3.63, 3.8) is 0 Å². The molecule has 0 atom stereocenters. The minimum Gasteiger partial charge on any atom is -0.383 e. The maximum Gasteiger partial charge on any atom is 0.269 e. The Morgan fingerprint density at radius 3 is 2.53 bits per heavy atom. The molecular formula is C21H15FN6OS. The second-order valence-electron chi connectivity index (χ2n) is 6.07. The molecule has 0 spiro atoms. The molecule has 0 aliphatic carbocycles. The highest BCUT2D eigenvalue weighted by molar-refractivity contribution is 7.98. The fraction of sp³-hybridized carbons (Fsp3) is 0.0952. The monoisotopic (exact) mass is 418 g/mol. The van der Waals surface area contributed by atoms with Crippen molar-refractivity contribution in [3.8, 4) is 23.3 Å². The first-order valence-corrected chi connectivity index (χ1v) is 9.66. The summed E-state index contributed by atoms with van der Waals surface area (Å²) < 4.78 is 13.3. The van der Waals surface area contributed by atoms with Crippen LogP contribution in [0.4, 0.5) is 10.2 Å². The van der Waals surface area contributed by atoms with Crippen LogP contribution in [-0.4, -0.2) is 22.9 Å². The van der Waals surface area contributed by atoms with Gasteiger partial charge < -0.3 is 11.1 Å². The van der Waals surface area contributed by atoms with Crippen LogP contribution >= 0.6 is 11.8 Å². The Balaban J connectivity index is 2.02. The van der Waals surface area contributed by atoms with Gasteiger partial charge in [-0.2, -0.15) is 10.5 Å². The molecule has 30 heavy (non-hydrogen) atoms.